The van der Waals surface area contributed by atoms with Gasteiger partial charge in [0.1, 0.15) is 0 Å². The lowest BCUT2D eigenvalue weighted by Crippen LogP contribution is -2.53. The van der Waals surface area contributed by atoms with Crippen molar-refractivity contribution in [3.8, 4) is 0 Å². The number of carbonyl (C=O) groups is 1. The Kier molecular flexibility index (Phi) is 6.23. The third kappa shape index (κ3) is 4.06. The molecule has 0 aliphatic heterocycles. The molecule has 5 heteroatoms. The normalized spacial score (nSPS) is 20.2. The second-order valence-electron chi connectivity index (χ2n) is 7.02. The molecule has 138 valence electrons. The van der Waals surface area contributed by atoms with Crippen LogP contribution in [-0.4, -0.2) is 37.0 Å². The van der Waals surface area contributed by atoms with Crippen LogP contribution in [0.15, 0.2) is 48.5 Å². The van der Waals surface area contributed by atoms with E-state index in [1.807, 2.05) is 35.2 Å². The van der Waals surface area contributed by atoms with E-state index in [9.17, 15) is 4.79 Å². The number of carbonyl (C=O) groups excluding carboxylic acids is 1. The van der Waals surface area contributed by atoms with Crippen molar-refractivity contribution in [1.82, 2.24) is 4.90 Å². The average molecular weight is 391 g/mol. The number of halogens is 2. The second-order valence-corrected chi connectivity index (χ2v) is 7.84. The fraction of sp³-hybridized carbons (Fsp3) is 0.381. The van der Waals surface area contributed by atoms with Crippen LogP contribution in [0.25, 0.3) is 0 Å². The molecule has 2 aromatic carbocycles. The number of likely N-dealkylation sites (N-methyl/N-ethyl adjacent to an activating group) is 1. The second kappa shape index (κ2) is 8.43. The topological polar surface area (TPSA) is 23.6 Å². The van der Waals surface area contributed by atoms with E-state index in [0.29, 0.717) is 21.7 Å². The van der Waals surface area contributed by atoms with Gasteiger partial charge in [-0.15, -0.1) is 0 Å². The van der Waals surface area contributed by atoms with Crippen LogP contribution in [0.2, 0.25) is 10.0 Å². The van der Waals surface area contributed by atoms with Gasteiger partial charge in [-0.2, -0.15) is 0 Å². The van der Waals surface area contributed by atoms with E-state index in [4.69, 9.17) is 23.2 Å². The maximum atomic E-state index is 13.5. The van der Waals surface area contributed by atoms with Crippen LogP contribution < -0.4 is 4.90 Å². The monoisotopic (exact) mass is 390 g/mol. The number of para-hydroxylation sites is 1. The zero-order valence-corrected chi connectivity index (χ0v) is 16.7. The molecule has 1 aliphatic rings. The van der Waals surface area contributed by atoms with Gasteiger partial charge in [-0.05, 0) is 57.3 Å². The Morgan fingerprint density at radius 1 is 0.923 bits per heavy atom. The molecule has 0 saturated heterocycles. The standard InChI is InChI=1S/C21H24Cl2N2O/c1-24(2)19-10-6-7-11-20(19)25(16-8-4-3-5-9-16)21(26)15-12-13-17(22)18(23)14-15/h3-5,8-9,12-14,19-20H,6-7,10-11H2,1-2H3/t19-,20-/m0/s1. The third-order valence-corrected chi connectivity index (χ3v) is 5.85. The van der Waals surface area contributed by atoms with Crippen molar-refractivity contribution in [3.63, 3.8) is 0 Å². The lowest BCUT2D eigenvalue weighted by Gasteiger charge is -2.43. The highest BCUT2D eigenvalue weighted by Gasteiger charge is 2.35. The van der Waals surface area contributed by atoms with Crippen LogP contribution in [-0.2, 0) is 0 Å². The van der Waals surface area contributed by atoms with Gasteiger partial charge < -0.3 is 9.80 Å². The van der Waals surface area contributed by atoms with Crippen molar-refractivity contribution in [2.24, 2.45) is 0 Å². The molecule has 1 saturated carbocycles. The van der Waals surface area contributed by atoms with Crippen LogP contribution in [0.5, 0.6) is 0 Å². The van der Waals surface area contributed by atoms with Crippen molar-refractivity contribution in [3.05, 3.63) is 64.1 Å². The van der Waals surface area contributed by atoms with E-state index in [0.717, 1.165) is 24.9 Å². The Bertz CT molecular complexity index is 764. The Hall–Kier alpha value is -1.55. The summed E-state index contributed by atoms with van der Waals surface area (Å²) in [5.74, 6) is -0.0338. The van der Waals surface area contributed by atoms with Crippen LogP contribution in [0, 0.1) is 0 Å². The first-order valence-electron chi connectivity index (χ1n) is 8.99. The summed E-state index contributed by atoms with van der Waals surface area (Å²) in [6, 6.07) is 15.5. The summed E-state index contributed by atoms with van der Waals surface area (Å²) in [5.41, 5.74) is 1.48. The van der Waals surface area contributed by atoms with Crippen LogP contribution in [0.4, 0.5) is 5.69 Å². The van der Waals surface area contributed by atoms with E-state index >= 15 is 0 Å². The first-order chi connectivity index (χ1) is 12.5. The molecule has 0 aromatic heterocycles. The third-order valence-electron chi connectivity index (χ3n) is 5.11. The van der Waals surface area contributed by atoms with Gasteiger partial charge >= 0.3 is 0 Å². The molecule has 0 unspecified atom stereocenters. The molecule has 3 rings (SSSR count). The summed E-state index contributed by atoms with van der Waals surface area (Å²) < 4.78 is 0. The number of hydrogen-bond donors (Lipinski definition) is 0. The smallest absolute Gasteiger partial charge is 0.258 e. The Labute approximate surface area is 165 Å². The van der Waals surface area contributed by atoms with Gasteiger partial charge in [0.15, 0.2) is 0 Å². The maximum absolute atomic E-state index is 13.5. The predicted octanol–water partition coefficient (Wildman–Crippen LogP) is 5.51. The summed E-state index contributed by atoms with van der Waals surface area (Å²) in [4.78, 5) is 17.7. The first-order valence-corrected chi connectivity index (χ1v) is 9.74. The highest BCUT2D eigenvalue weighted by Crippen LogP contribution is 2.32. The van der Waals surface area contributed by atoms with Crippen LogP contribution in [0.3, 0.4) is 0 Å². The minimum absolute atomic E-state index is 0.0338. The Morgan fingerprint density at radius 3 is 2.19 bits per heavy atom. The van der Waals surface area contributed by atoms with E-state index in [1.54, 1.807) is 18.2 Å². The van der Waals surface area contributed by atoms with Crippen LogP contribution >= 0.6 is 23.2 Å². The summed E-state index contributed by atoms with van der Waals surface area (Å²) in [5, 5.41) is 0.858. The highest BCUT2D eigenvalue weighted by molar-refractivity contribution is 6.42. The number of nitrogens with zero attached hydrogens (tertiary/aromatic N) is 2. The zero-order valence-electron chi connectivity index (χ0n) is 15.2. The highest BCUT2D eigenvalue weighted by atomic mass is 35.5. The number of amides is 1. The number of rotatable bonds is 4. The number of anilines is 1. The lowest BCUT2D eigenvalue weighted by atomic mass is 9.87. The molecule has 2 atom stereocenters. The van der Waals surface area contributed by atoms with Gasteiger partial charge in [-0.1, -0.05) is 54.2 Å². The van der Waals surface area contributed by atoms with Gasteiger partial charge in [0, 0.05) is 17.3 Å². The molecule has 1 aliphatic carbocycles. The summed E-state index contributed by atoms with van der Waals surface area (Å²) in [6.45, 7) is 0. The number of benzene rings is 2. The molecule has 0 radical (unpaired) electrons. The largest absolute Gasteiger partial charge is 0.304 e. The summed E-state index contributed by atoms with van der Waals surface area (Å²) in [7, 11) is 4.19. The zero-order chi connectivity index (χ0) is 18.7. The van der Waals surface area contributed by atoms with E-state index in [1.165, 1.54) is 6.42 Å². The number of hydrogen-bond acceptors (Lipinski definition) is 2. The molecule has 2 aromatic rings. The van der Waals surface area contributed by atoms with Gasteiger partial charge in [-0.25, -0.2) is 0 Å². The predicted molar refractivity (Wildman–Crippen MR) is 109 cm³/mol. The van der Waals surface area contributed by atoms with Crippen molar-refractivity contribution in [2.75, 3.05) is 19.0 Å². The van der Waals surface area contributed by atoms with Gasteiger partial charge in [0.2, 0.25) is 0 Å². The van der Waals surface area contributed by atoms with Gasteiger partial charge in [-0.3, -0.25) is 4.79 Å². The lowest BCUT2D eigenvalue weighted by molar-refractivity contribution is 0.0942. The van der Waals surface area contributed by atoms with Gasteiger partial charge in [0.05, 0.1) is 16.1 Å². The molecular weight excluding hydrogens is 367 g/mol. The molecule has 26 heavy (non-hydrogen) atoms. The molecule has 0 heterocycles. The summed E-state index contributed by atoms with van der Waals surface area (Å²) in [6.07, 6.45) is 4.41. The minimum atomic E-state index is -0.0338. The molecule has 0 spiro atoms. The fourth-order valence-corrected chi connectivity index (χ4v) is 4.11. The SMILES string of the molecule is CN(C)[C@H]1CCCC[C@@H]1N(C(=O)c1ccc(Cl)c(Cl)c1)c1ccccc1. The van der Waals surface area contributed by atoms with Gasteiger partial charge in [0.25, 0.3) is 5.91 Å². The molecule has 3 nitrogen and oxygen atoms in total. The van der Waals surface area contributed by atoms with Crippen molar-refractivity contribution in [2.45, 2.75) is 37.8 Å². The Morgan fingerprint density at radius 2 is 1.58 bits per heavy atom. The molecule has 1 amide bonds. The average Bonchev–Trinajstić information content (AvgIpc) is 2.65. The molecular formula is C21H24Cl2N2O. The first kappa shape index (κ1) is 19.2. The van der Waals surface area contributed by atoms with E-state index < -0.39 is 0 Å². The van der Waals surface area contributed by atoms with Crippen molar-refractivity contribution >= 4 is 34.8 Å². The molecule has 1 fully saturated rings. The van der Waals surface area contributed by atoms with Crippen molar-refractivity contribution < 1.29 is 4.79 Å². The van der Waals surface area contributed by atoms with Crippen LogP contribution in [0.1, 0.15) is 36.0 Å². The maximum Gasteiger partial charge on any atom is 0.258 e. The van der Waals surface area contributed by atoms with E-state index in [-0.39, 0.29) is 11.9 Å². The van der Waals surface area contributed by atoms with E-state index in [2.05, 4.69) is 19.0 Å². The minimum Gasteiger partial charge on any atom is -0.304 e. The van der Waals surface area contributed by atoms with Crippen molar-refractivity contribution in [1.29, 1.82) is 0 Å². The summed E-state index contributed by atoms with van der Waals surface area (Å²) >= 11 is 12.2. The molecule has 0 N–H and O–H groups in total. The quantitative estimate of drug-likeness (QED) is 0.686. The molecule has 0 bridgehead atoms. The fourth-order valence-electron chi connectivity index (χ4n) is 3.81. The Balaban J connectivity index is 2.03.